The molecule has 2 aromatic carbocycles. The summed E-state index contributed by atoms with van der Waals surface area (Å²) in [4.78, 5) is 18.4. The molecule has 9 heteroatoms. The summed E-state index contributed by atoms with van der Waals surface area (Å²) >= 11 is 0. The summed E-state index contributed by atoms with van der Waals surface area (Å²) < 4.78 is 7.05. The van der Waals surface area contributed by atoms with Gasteiger partial charge >= 0.3 is 0 Å². The van der Waals surface area contributed by atoms with Crippen LogP contribution in [0.15, 0.2) is 73.6 Å². The number of ether oxygens (including phenoxy) is 1. The number of anilines is 4. The smallest absolute Gasteiger partial charge is 0.247 e. The monoisotopic (exact) mass is 441 g/mol. The van der Waals surface area contributed by atoms with Crippen molar-refractivity contribution in [2.24, 2.45) is 0 Å². The van der Waals surface area contributed by atoms with Crippen LogP contribution in [0.25, 0.3) is 16.8 Å². The van der Waals surface area contributed by atoms with Gasteiger partial charge in [0.25, 0.3) is 0 Å². The van der Waals surface area contributed by atoms with Crippen LogP contribution in [0.3, 0.4) is 0 Å². The highest BCUT2D eigenvalue weighted by Crippen LogP contribution is 2.27. The third-order valence-corrected chi connectivity index (χ3v) is 5.42. The Hall–Kier alpha value is -4.24. The Morgan fingerprint density at radius 2 is 1.88 bits per heavy atom. The van der Waals surface area contributed by atoms with Crippen LogP contribution in [0.1, 0.15) is 0 Å². The summed E-state index contributed by atoms with van der Waals surface area (Å²) in [7, 11) is 0. The maximum atomic E-state index is 11.6. The van der Waals surface area contributed by atoms with Gasteiger partial charge in [-0.15, -0.1) is 5.10 Å². The Bertz CT molecular complexity index is 1290. The van der Waals surface area contributed by atoms with Crippen molar-refractivity contribution in [1.82, 2.24) is 19.8 Å². The van der Waals surface area contributed by atoms with Gasteiger partial charge in [0.2, 0.25) is 5.91 Å². The molecule has 166 valence electrons. The molecule has 33 heavy (non-hydrogen) atoms. The van der Waals surface area contributed by atoms with Crippen molar-refractivity contribution in [1.29, 1.82) is 0 Å². The van der Waals surface area contributed by atoms with Crippen LogP contribution in [0.2, 0.25) is 0 Å². The Kier molecular flexibility index (Phi) is 5.69. The molecule has 4 aromatic rings. The van der Waals surface area contributed by atoms with Crippen LogP contribution in [-0.2, 0) is 9.53 Å². The van der Waals surface area contributed by atoms with Crippen LogP contribution >= 0.6 is 0 Å². The van der Waals surface area contributed by atoms with Crippen LogP contribution in [0, 0.1) is 0 Å². The standard InChI is InChI=1S/C24H23N7O2/c1-2-23(32)27-19-5-3-4-17(14-19)24-21-15-22(25-16-31(21)29-28-24)26-18-6-8-20(9-7-18)30-10-12-33-13-11-30/h2-9,14-16,26H,1,10-13H2,(H,27,32). The van der Waals surface area contributed by atoms with Gasteiger partial charge in [0, 0.05) is 41.8 Å². The lowest BCUT2D eigenvalue weighted by molar-refractivity contribution is -0.111. The highest BCUT2D eigenvalue weighted by molar-refractivity contribution is 5.99. The molecule has 0 saturated carbocycles. The van der Waals surface area contributed by atoms with Crippen LogP contribution in [0.4, 0.5) is 22.9 Å². The SMILES string of the molecule is C=CC(=O)Nc1cccc(-c2nnn3cnc(Nc4ccc(N5CCOCC5)cc4)cc23)c1. The number of carbonyl (C=O) groups excluding carboxylic acids is 1. The van der Waals surface area contributed by atoms with Crippen LogP contribution in [-0.4, -0.2) is 52.0 Å². The van der Waals surface area contributed by atoms with E-state index in [1.165, 1.54) is 11.8 Å². The maximum absolute atomic E-state index is 11.6. The lowest BCUT2D eigenvalue weighted by Gasteiger charge is -2.28. The van der Waals surface area contributed by atoms with Gasteiger partial charge in [-0.3, -0.25) is 4.79 Å². The summed E-state index contributed by atoms with van der Waals surface area (Å²) in [5.41, 5.74) is 5.10. The van der Waals surface area contributed by atoms with Crippen molar-refractivity contribution in [3.05, 3.63) is 73.6 Å². The van der Waals surface area contributed by atoms with E-state index in [0.717, 1.165) is 43.1 Å². The minimum Gasteiger partial charge on any atom is -0.378 e. The van der Waals surface area contributed by atoms with E-state index in [-0.39, 0.29) is 5.91 Å². The summed E-state index contributed by atoms with van der Waals surface area (Å²) in [6, 6.07) is 17.6. The number of fused-ring (bicyclic) bond motifs is 1. The first kappa shape index (κ1) is 20.7. The van der Waals surface area contributed by atoms with Crippen molar-refractivity contribution in [2.75, 3.05) is 41.8 Å². The predicted octanol–water partition coefficient (Wildman–Crippen LogP) is 3.50. The van der Waals surface area contributed by atoms with Crippen molar-refractivity contribution in [3.63, 3.8) is 0 Å². The van der Waals surface area contributed by atoms with Crippen molar-refractivity contribution in [2.45, 2.75) is 0 Å². The second-order valence-electron chi connectivity index (χ2n) is 7.59. The minimum absolute atomic E-state index is 0.268. The van der Waals surface area contributed by atoms with Gasteiger partial charge in [-0.05, 0) is 42.5 Å². The molecule has 0 atom stereocenters. The molecule has 3 heterocycles. The summed E-state index contributed by atoms with van der Waals surface area (Å²) in [6.07, 6.45) is 2.86. The van der Waals surface area contributed by atoms with E-state index in [0.29, 0.717) is 17.2 Å². The number of benzene rings is 2. The molecule has 0 aliphatic carbocycles. The normalized spacial score (nSPS) is 13.6. The second-order valence-corrected chi connectivity index (χ2v) is 7.59. The first-order valence-electron chi connectivity index (χ1n) is 10.6. The maximum Gasteiger partial charge on any atom is 0.247 e. The second kappa shape index (κ2) is 9.09. The fourth-order valence-corrected chi connectivity index (χ4v) is 3.74. The Labute approximate surface area is 190 Å². The number of carbonyl (C=O) groups is 1. The molecule has 2 aromatic heterocycles. The van der Waals surface area contributed by atoms with E-state index in [1.807, 2.05) is 42.5 Å². The number of hydrogen-bond acceptors (Lipinski definition) is 7. The average molecular weight is 441 g/mol. The van der Waals surface area contributed by atoms with Crippen molar-refractivity contribution in [3.8, 4) is 11.3 Å². The van der Waals surface area contributed by atoms with Gasteiger partial charge in [0.1, 0.15) is 17.8 Å². The fraction of sp³-hybridized carbons (Fsp3) is 0.167. The highest BCUT2D eigenvalue weighted by atomic mass is 16.5. The Balaban J connectivity index is 1.38. The fourth-order valence-electron chi connectivity index (χ4n) is 3.74. The van der Waals surface area contributed by atoms with E-state index in [2.05, 4.69) is 49.5 Å². The van der Waals surface area contributed by atoms with Crippen molar-refractivity contribution < 1.29 is 9.53 Å². The summed E-state index contributed by atoms with van der Waals surface area (Å²) in [5, 5.41) is 14.6. The molecular formula is C24H23N7O2. The molecule has 5 rings (SSSR count). The van der Waals surface area contributed by atoms with Gasteiger partial charge in [-0.2, -0.15) is 0 Å². The minimum atomic E-state index is -0.268. The van der Waals surface area contributed by atoms with Gasteiger partial charge < -0.3 is 20.3 Å². The van der Waals surface area contributed by atoms with E-state index < -0.39 is 0 Å². The van der Waals surface area contributed by atoms with E-state index in [1.54, 1.807) is 10.8 Å². The molecule has 0 bridgehead atoms. The lowest BCUT2D eigenvalue weighted by atomic mass is 10.1. The third kappa shape index (κ3) is 4.53. The van der Waals surface area contributed by atoms with Gasteiger partial charge in [0.15, 0.2) is 0 Å². The largest absolute Gasteiger partial charge is 0.378 e. The topological polar surface area (TPSA) is 96.7 Å². The number of nitrogens with zero attached hydrogens (tertiary/aromatic N) is 5. The van der Waals surface area contributed by atoms with Crippen molar-refractivity contribution >= 4 is 34.3 Å². The van der Waals surface area contributed by atoms with Gasteiger partial charge in [-0.25, -0.2) is 9.50 Å². The molecule has 2 N–H and O–H groups in total. The molecule has 1 saturated heterocycles. The molecule has 1 aliphatic heterocycles. The Morgan fingerprint density at radius 3 is 2.67 bits per heavy atom. The zero-order chi connectivity index (χ0) is 22.6. The quantitative estimate of drug-likeness (QED) is 0.442. The number of morpholine rings is 1. The lowest BCUT2D eigenvalue weighted by Crippen LogP contribution is -2.36. The molecule has 9 nitrogen and oxygen atoms in total. The molecular weight excluding hydrogens is 418 g/mol. The number of hydrogen-bond donors (Lipinski definition) is 2. The number of nitrogens with one attached hydrogen (secondary N) is 2. The van der Waals surface area contributed by atoms with E-state index in [4.69, 9.17) is 4.74 Å². The molecule has 0 radical (unpaired) electrons. The predicted molar refractivity (Wildman–Crippen MR) is 128 cm³/mol. The summed E-state index contributed by atoms with van der Waals surface area (Å²) in [6.45, 7) is 6.81. The molecule has 0 unspecified atom stereocenters. The summed E-state index contributed by atoms with van der Waals surface area (Å²) in [5.74, 6) is 0.414. The van der Waals surface area contributed by atoms with E-state index in [9.17, 15) is 4.79 Å². The zero-order valence-electron chi connectivity index (χ0n) is 17.9. The Morgan fingerprint density at radius 1 is 1.06 bits per heavy atom. The first-order valence-corrected chi connectivity index (χ1v) is 10.6. The van der Waals surface area contributed by atoms with Crippen LogP contribution < -0.4 is 15.5 Å². The number of aromatic nitrogens is 4. The molecule has 1 aliphatic rings. The first-order chi connectivity index (χ1) is 16.2. The van der Waals surface area contributed by atoms with E-state index >= 15 is 0 Å². The number of amides is 1. The highest BCUT2D eigenvalue weighted by Gasteiger charge is 2.13. The molecule has 1 fully saturated rings. The third-order valence-electron chi connectivity index (χ3n) is 5.42. The van der Waals surface area contributed by atoms with Gasteiger partial charge in [0.05, 0.1) is 18.7 Å². The van der Waals surface area contributed by atoms with Gasteiger partial charge in [-0.1, -0.05) is 23.9 Å². The average Bonchev–Trinajstić information content (AvgIpc) is 3.28. The number of rotatable bonds is 6. The zero-order valence-corrected chi connectivity index (χ0v) is 17.9. The molecule has 0 spiro atoms. The van der Waals surface area contributed by atoms with Crippen LogP contribution in [0.5, 0.6) is 0 Å². The molecule has 1 amide bonds.